The number of hydrogen-bond donors (Lipinski definition) is 1. The maximum Gasteiger partial charge on any atom is 0.415 e. The molecule has 2 aromatic heterocycles. The number of benzene rings is 1. The van der Waals surface area contributed by atoms with E-state index in [1.54, 1.807) is 23.2 Å². The molecule has 0 atom stereocenters. The highest BCUT2D eigenvalue weighted by molar-refractivity contribution is 6.03. The van der Waals surface area contributed by atoms with Crippen LogP contribution in [0.15, 0.2) is 67.1 Å². The van der Waals surface area contributed by atoms with E-state index in [-0.39, 0.29) is 12.0 Å². The molecule has 0 saturated carbocycles. The Hall–Kier alpha value is -3.82. The minimum Gasteiger partial charge on any atom is -0.409 e. The Morgan fingerprint density at radius 1 is 0.825 bits per heavy atom. The normalized spacial score (nSPS) is 16.4. The van der Waals surface area contributed by atoms with Crippen molar-refractivity contribution in [2.45, 2.75) is 38.6 Å². The SMILES string of the molecule is O=C(Nc1ccc(OC(=O)N2CCN(CCCc3cccnc3)CC2)cn1)c1ccc(CN2CCCCC2)cc1. The van der Waals surface area contributed by atoms with Crippen molar-refractivity contribution in [1.82, 2.24) is 24.7 Å². The van der Waals surface area contributed by atoms with Crippen LogP contribution < -0.4 is 10.1 Å². The summed E-state index contributed by atoms with van der Waals surface area (Å²) in [5.41, 5.74) is 3.04. The number of aromatic nitrogens is 2. The monoisotopic (exact) mass is 542 g/mol. The molecule has 210 valence electrons. The number of anilines is 1. The molecule has 5 rings (SSSR count). The lowest BCUT2D eigenvalue weighted by Crippen LogP contribution is -2.49. The zero-order chi connectivity index (χ0) is 27.6. The molecule has 2 amide bonds. The lowest BCUT2D eigenvalue weighted by molar-refractivity contribution is 0.102. The van der Waals surface area contributed by atoms with Crippen molar-refractivity contribution >= 4 is 17.8 Å². The molecule has 2 aliphatic rings. The number of carbonyl (C=O) groups is 2. The Balaban J connectivity index is 1.02. The van der Waals surface area contributed by atoms with Gasteiger partial charge in [-0.2, -0.15) is 0 Å². The summed E-state index contributed by atoms with van der Waals surface area (Å²) in [7, 11) is 0. The summed E-state index contributed by atoms with van der Waals surface area (Å²) in [6.45, 7) is 7.11. The molecule has 9 nitrogen and oxygen atoms in total. The molecule has 4 heterocycles. The first-order chi connectivity index (χ1) is 19.6. The lowest BCUT2D eigenvalue weighted by Gasteiger charge is -2.34. The molecule has 0 unspecified atom stereocenters. The number of amides is 2. The average Bonchev–Trinajstić information content (AvgIpc) is 3.00. The van der Waals surface area contributed by atoms with Crippen molar-refractivity contribution in [2.24, 2.45) is 0 Å². The Morgan fingerprint density at radius 2 is 1.62 bits per heavy atom. The quantitative estimate of drug-likeness (QED) is 0.427. The minimum atomic E-state index is -0.377. The maximum absolute atomic E-state index is 12.7. The summed E-state index contributed by atoms with van der Waals surface area (Å²) < 4.78 is 5.53. The number of hydrogen-bond acceptors (Lipinski definition) is 7. The number of pyridine rings is 2. The molecule has 2 fully saturated rings. The summed E-state index contributed by atoms with van der Waals surface area (Å²) >= 11 is 0. The average molecular weight is 543 g/mol. The highest BCUT2D eigenvalue weighted by Gasteiger charge is 2.22. The molecule has 2 aliphatic heterocycles. The zero-order valence-electron chi connectivity index (χ0n) is 23.0. The van der Waals surface area contributed by atoms with Gasteiger partial charge in [-0.05, 0) is 86.8 Å². The van der Waals surface area contributed by atoms with Gasteiger partial charge in [0.1, 0.15) is 5.82 Å². The van der Waals surface area contributed by atoms with E-state index in [0.29, 0.717) is 30.2 Å². The van der Waals surface area contributed by atoms with Gasteiger partial charge in [-0.25, -0.2) is 9.78 Å². The van der Waals surface area contributed by atoms with E-state index in [0.717, 1.165) is 52.1 Å². The molecule has 9 heteroatoms. The molecular weight excluding hydrogens is 504 g/mol. The largest absolute Gasteiger partial charge is 0.415 e. The van der Waals surface area contributed by atoms with Gasteiger partial charge in [0.05, 0.1) is 6.20 Å². The molecule has 3 aromatic rings. The van der Waals surface area contributed by atoms with Crippen LogP contribution in [0, 0.1) is 0 Å². The van der Waals surface area contributed by atoms with Crippen molar-refractivity contribution < 1.29 is 14.3 Å². The van der Waals surface area contributed by atoms with Crippen molar-refractivity contribution in [2.75, 3.05) is 51.1 Å². The predicted octanol–water partition coefficient (Wildman–Crippen LogP) is 4.46. The molecule has 40 heavy (non-hydrogen) atoms. The second-order valence-corrected chi connectivity index (χ2v) is 10.5. The molecule has 1 N–H and O–H groups in total. The summed E-state index contributed by atoms with van der Waals surface area (Å²) in [5.74, 6) is 0.533. The van der Waals surface area contributed by atoms with Gasteiger partial charge in [-0.1, -0.05) is 24.6 Å². The number of nitrogens with zero attached hydrogens (tertiary/aromatic N) is 5. The third kappa shape index (κ3) is 8.09. The summed E-state index contributed by atoms with van der Waals surface area (Å²) in [6.07, 6.45) is 10.7. The van der Waals surface area contributed by atoms with Gasteiger partial charge in [-0.3, -0.25) is 19.6 Å². The lowest BCUT2D eigenvalue weighted by atomic mass is 10.1. The van der Waals surface area contributed by atoms with Crippen molar-refractivity contribution in [3.63, 3.8) is 0 Å². The van der Waals surface area contributed by atoms with Crippen LogP contribution in [0.1, 0.15) is 47.2 Å². The Bertz CT molecular complexity index is 1220. The van der Waals surface area contributed by atoms with E-state index >= 15 is 0 Å². The summed E-state index contributed by atoms with van der Waals surface area (Å²) in [5, 5.41) is 2.81. The molecular formula is C31H38N6O3. The van der Waals surface area contributed by atoms with Gasteiger partial charge >= 0.3 is 6.09 Å². The number of piperidine rings is 1. The van der Waals surface area contributed by atoms with Gasteiger partial charge in [0.25, 0.3) is 5.91 Å². The number of nitrogens with one attached hydrogen (secondary N) is 1. The topological polar surface area (TPSA) is 90.9 Å². The smallest absolute Gasteiger partial charge is 0.409 e. The van der Waals surface area contributed by atoms with E-state index in [1.807, 2.05) is 36.5 Å². The fraction of sp³-hybridized carbons (Fsp3) is 0.419. The van der Waals surface area contributed by atoms with E-state index in [9.17, 15) is 9.59 Å². The summed E-state index contributed by atoms with van der Waals surface area (Å²) in [4.78, 5) is 40.3. The van der Waals surface area contributed by atoms with Crippen LogP contribution in [0.3, 0.4) is 0 Å². The molecule has 2 saturated heterocycles. The van der Waals surface area contributed by atoms with Gasteiger partial charge < -0.3 is 15.0 Å². The maximum atomic E-state index is 12.7. The first-order valence-corrected chi connectivity index (χ1v) is 14.3. The minimum absolute atomic E-state index is 0.222. The first kappa shape index (κ1) is 27.7. The zero-order valence-corrected chi connectivity index (χ0v) is 23.0. The second kappa shape index (κ2) is 14.0. The fourth-order valence-corrected chi connectivity index (χ4v) is 5.21. The summed E-state index contributed by atoms with van der Waals surface area (Å²) in [6, 6.07) is 15.1. The van der Waals surface area contributed by atoms with E-state index < -0.39 is 0 Å². The molecule has 0 radical (unpaired) electrons. The Kier molecular flexibility index (Phi) is 9.71. The van der Waals surface area contributed by atoms with Crippen LogP contribution in [0.2, 0.25) is 0 Å². The Morgan fingerprint density at radius 3 is 2.33 bits per heavy atom. The second-order valence-electron chi connectivity index (χ2n) is 10.5. The van der Waals surface area contributed by atoms with Crippen LogP contribution in [0.4, 0.5) is 10.6 Å². The van der Waals surface area contributed by atoms with Gasteiger partial charge in [0.2, 0.25) is 0 Å². The van der Waals surface area contributed by atoms with Gasteiger partial charge in [-0.15, -0.1) is 0 Å². The number of likely N-dealkylation sites (tertiary alicyclic amines) is 1. The number of carbonyl (C=O) groups excluding carboxylic acids is 2. The fourth-order valence-electron chi connectivity index (χ4n) is 5.21. The van der Waals surface area contributed by atoms with Crippen molar-refractivity contribution in [3.05, 3.63) is 83.8 Å². The van der Waals surface area contributed by atoms with E-state index in [1.165, 1.54) is 36.6 Å². The highest BCUT2D eigenvalue weighted by Crippen LogP contribution is 2.17. The third-order valence-corrected chi connectivity index (χ3v) is 7.55. The van der Waals surface area contributed by atoms with Crippen LogP contribution in [0.25, 0.3) is 0 Å². The van der Waals surface area contributed by atoms with Crippen molar-refractivity contribution in [1.29, 1.82) is 0 Å². The van der Waals surface area contributed by atoms with Crippen LogP contribution >= 0.6 is 0 Å². The van der Waals surface area contributed by atoms with Crippen LogP contribution in [0.5, 0.6) is 5.75 Å². The first-order valence-electron chi connectivity index (χ1n) is 14.3. The molecule has 0 aliphatic carbocycles. The van der Waals surface area contributed by atoms with Crippen LogP contribution in [-0.2, 0) is 13.0 Å². The molecule has 0 bridgehead atoms. The van der Waals surface area contributed by atoms with E-state index in [2.05, 4.69) is 31.2 Å². The van der Waals surface area contributed by atoms with Gasteiger partial charge in [0, 0.05) is 50.7 Å². The number of aryl methyl sites for hydroxylation is 1. The molecule has 1 aromatic carbocycles. The van der Waals surface area contributed by atoms with Gasteiger partial charge in [0.15, 0.2) is 5.75 Å². The molecule has 0 spiro atoms. The Labute approximate surface area is 236 Å². The number of rotatable bonds is 9. The number of ether oxygens (including phenoxy) is 1. The van der Waals surface area contributed by atoms with Crippen molar-refractivity contribution in [3.8, 4) is 5.75 Å². The predicted molar refractivity (Wildman–Crippen MR) is 154 cm³/mol. The standard InChI is InChI=1S/C31H38N6O3/c38-30(27-10-8-26(9-11-27)24-36-15-2-1-3-16-36)34-29-13-12-28(23-33-29)40-31(39)37-20-18-35(19-21-37)17-5-7-25-6-4-14-32-22-25/h4,6,8-14,22-23H,1-3,5,7,15-21,24H2,(H,33,34,38). The van der Waals surface area contributed by atoms with Crippen LogP contribution in [-0.4, -0.2) is 82.5 Å². The third-order valence-electron chi connectivity index (χ3n) is 7.55. The van der Waals surface area contributed by atoms with E-state index in [4.69, 9.17) is 4.74 Å². The highest BCUT2D eigenvalue weighted by atomic mass is 16.6. The number of piperazine rings is 1.